The Morgan fingerprint density at radius 1 is 1.15 bits per heavy atom. The van der Waals surface area contributed by atoms with E-state index in [0.717, 1.165) is 22.9 Å². The number of amides is 1. The third-order valence-electron chi connectivity index (χ3n) is 5.22. The molecule has 34 heavy (non-hydrogen) atoms. The Labute approximate surface area is 192 Å². The number of alkyl halides is 3. The molecule has 1 aromatic carbocycles. The number of benzene rings is 1. The average molecular weight is 496 g/mol. The maximum atomic E-state index is 13.1. The minimum Gasteiger partial charge on any atom is -0.389 e. The van der Waals surface area contributed by atoms with Gasteiger partial charge in [0.05, 0.1) is 46.8 Å². The van der Waals surface area contributed by atoms with E-state index in [0.29, 0.717) is 0 Å². The molecule has 4 N–H and O–H groups in total. The highest BCUT2D eigenvalue weighted by molar-refractivity contribution is 8.24. The van der Waals surface area contributed by atoms with Gasteiger partial charge >= 0.3 is 6.18 Å². The van der Waals surface area contributed by atoms with Gasteiger partial charge in [-0.1, -0.05) is 12.1 Å². The van der Waals surface area contributed by atoms with Gasteiger partial charge in [0.2, 0.25) is 0 Å². The van der Waals surface area contributed by atoms with Gasteiger partial charge in [-0.2, -0.15) is 33.5 Å². The quantitative estimate of drug-likeness (QED) is 0.436. The van der Waals surface area contributed by atoms with Crippen molar-refractivity contribution in [2.24, 2.45) is 0 Å². The Balaban J connectivity index is 1.77. The van der Waals surface area contributed by atoms with E-state index in [-0.39, 0.29) is 28.5 Å². The summed E-state index contributed by atoms with van der Waals surface area (Å²) in [6.07, 6.45) is -2.97. The van der Waals surface area contributed by atoms with E-state index in [2.05, 4.69) is 15.4 Å². The Morgan fingerprint density at radius 2 is 1.85 bits per heavy atom. The van der Waals surface area contributed by atoms with Gasteiger partial charge < -0.3 is 10.4 Å². The number of aliphatic hydroxyl groups is 1. The van der Waals surface area contributed by atoms with Crippen molar-refractivity contribution in [2.45, 2.75) is 18.3 Å². The third kappa shape index (κ3) is 4.97. The predicted octanol–water partition coefficient (Wildman–Crippen LogP) is 2.54. The first-order valence-electron chi connectivity index (χ1n) is 9.89. The van der Waals surface area contributed by atoms with Crippen LogP contribution in [-0.2, 0) is 6.18 Å². The van der Waals surface area contributed by atoms with Crippen LogP contribution in [0.15, 0.2) is 59.7 Å². The van der Waals surface area contributed by atoms with Crippen molar-refractivity contribution in [3.63, 3.8) is 0 Å². The molecule has 2 atom stereocenters. The molecule has 0 saturated carbocycles. The van der Waals surface area contributed by atoms with E-state index >= 15 is 0 Å². The number of hydrogen-bond donors (Lipinski definition) is 4. The number of nitrogens with zero attached hydrogens (tertiary/aromatic N) is 3. The summed E-state index contributed by atoms with van der Waals surface area (Å²) in [5.41, 5.74) is -1.63. The Hall–Kier alpha value is -3.26. The highest BCUT2D eigenvalue weighted by atomic mass is 32.3. The molecule has 9 nitrogen and oxygen atoms in total. The van der Waals surface area contributed by atoms with Crippen molar-refractivity contribution in [1.82, 2.24) is 20.1 Å². The first-order valence-corrected chi connectivity index (χ1v) is 11.8. The summed E-state index contributed by atoms with van der Waals surface area (Å²) in [4.78, 5) is 29.9. The van der Waals surface area contributed by atoms with Gasteiger partial charge in [-0.05, 0) is 30.3 Å². The van der Waals surface area contributed by atoms with Crippen LogP contribution in [0.2, 0.25) is 0 Å². The molecular formula is C21H19F3N4O5S. The van der Waals surface area contributed by atoms with Crippen molar-refractivity contribution >= 4 is 16.5 Å². The molecule has 3 heterocycles. The number of rotatable bonds is 4. The number of aromatic nitrogens is 3. The summed E-state index contributed by atoms with van der Waals surface area (Å²) in [6.45, 7) is 0. The largest absolute Gasteiger partial charge is 0.416 e. The fraction of sp³-hybridized carbons (Fsp3) is 0.238. The van der Waals surface area contributed by atoms with E-state index in [1.165, 1.54) is 36.7 Å². The van der Waals surface area contributed by atoms with Crippen molar-refractivity contribution < 1.29 is 32.2 Å². The monoisotopic (exact) mass is 496 g/mol. The normalized spacial score (nSPS) is 20.6. The second-order valence-corrected chi connectivity index (χ2v) is 10.0. The maximum Gasteiger partial charge on any atom is 0.416 e. The molecule has 13 heteroatoms. The van der Waals surface area contributed by atoms with E-state index in [9.17, 15) is 37.0 Å². The van der Waals surface area contributed by atoms with Crippen molar-refractivity contribution in [3.8, 4) is 16.9 Å². The first-order chi connectivity index (χ1) is 15.9. The molecule has 0 bridgehead atoms. The van der Waals surface area contributed by atoms with Crippen molar-refractivity contribution in [3.05, 3.63) is 76.3 Å². The molecule has 2 aromatic heterocycles. The molecule has 0 spiro atoms. The number of halogens is 3. The minimum absolute atomic E-state index is 0.0404. The fourth-order valence-electron chi connectivity index (χ4n) is 3.52. The molecule has 1 saturated heterocycles. The Bertz CT molecular complexity index is 1270. The summed E-state index contributed by atoms with van der Waals surface area (Å²) < 4.78 is 59.3. The van der Waals surface area contributed by atoms with E-state index < -0.39 is 51.5 Å². The predicted molar refractivity (Wildman–Crippen MR) is 118 cm³/mol. The van der Waals surface area contributed by atoms with Gasteiger partial charge in [-0.3, -0.25) is 23.7 Å². The number of carbonyl (C=O) groups is 1. The lowest BCUT2D eigenvalue weighted by atomic mass is 10.1. The smallest absolute Gasteiger partial charge is 0.389 e. The van der Waals surface area contributed by atoms with Gasteiger partial charge in [0.15, 0.2) is 0 Å². The van der Waals surface area contributed by atoms with Crippen LogP contribution in [0.25, 0.3) is 16.9 Å². The second-order valence-electron chi connectivity index (χ2n) is 7.73. The summed E-state index contributed by atoms with van der Waals surface area (Å²) in [6, 6.07) is 7.23. The number of carbonyl (C=O) groups excluding carboxylic acids is 1. The molecular weight excluding hydrogens is 477 g/mol. The van der Waals surface area contributed by atoms with Crippen LogP contribution >= 0.6 is 10.6 Å². The lowest BCUT2D eigenvalue weighted by Gasteiger charge is -2.25. The molecule has 2 unspecified atom stereocenters. The number of hydrogen-bond acceptors (Lipinski definition) is 7. The summed E-state index contributed by atoms with van der Waals surface area (Å²) in [5, 5.41) is 16.7. The third-order valence-corrected chi connectivity index (χ3v) is 6.99. The average Bonchev–Trinajstić information content (AvgIpc) is 3.04. The van der Waals surface area contributed by atoms with E-state index in [1.807, 2.05) is 0 Å². The highest BCUT2D eigenvalue weighted by Gasteiger charge is 2.38. The number of pyridine rings is 1. The zero-order valence-corrected chi connectivity index (χ0v) is 18.1. The highest BCUT2D eigenvalue weighted by Crippen LogP contribution is 2.45. The summed E-state index contributed by atoms with van der Waals surface area (Å²) in [5.74, 6) is -1.47. The lowest BCUT2D eigenvalue weighted by Crippen LogP contribution is -2.44. The SMILES string of the molecule is O=C(NC1CS(O)(O)CC1O)c1cc(-c2ccc(C(F)(F)F)cc2)nn(-c2cccnc2)c1=O. The van der Waals surface area contributed by atoms with E-state index in [4.69, 9.17) is 0 Å². The zero-order valence-electron chi connectivity index (χ0n) is 17.3. The zero-order chi connectivity index (χ0) is 24.7. The fourth-order valence-corrected chi connectivity index (χ4v) is 5.32. The van der Waals surface area contributed by atoms with Gasteiger partial charge in [-0.15, -0.1) is 0 Å². The summed E-state index contributed by atoms with van der Waals surface area (Å²) >= 11 is 0. The maximum absolute atomic E-state index is 13.1. The van der Waals surface area contributed by atoms with Crippen molar-refractivity contribution in [1.29, 1.82) is 0 Å². The number of aliphatic hydroxyl groups excluding tert-OH is 1. The lowest BCUT2D eigenvalue weighted by molar-refractivity contribution is -0.137. The first kappa shape index (κ1) is 23.9. The van der Waals surface area contributed by atoms with Gasteiger partial charge in [-0.25, -0.2) is 0 Å². The van der Waals surface area contributed by atoms with Crippen molar-refractivity contribution in [2.75, 3.05) is 11.5 Å². The molecule has 0 radical (unpaired) electrons. The second kappa shape index (κ2) is 8.83. The minimum atomic E-state index is -4.54. The molecule has 180 valence electrons. The molecule has 0 aliphatic carbocycles. The van der Waals surface area contributed by atoms with Crippen LogP contribution in [0.4, 0.5) is 13.2 Å². The van der Waals surface area contributed by atoms with E-state index in [1.54, 1.807) is 0 Å². The summed E-state index contributed by atoms with van der Waals surface area (Å²) in [7, 11) is -3.06. The number of nitrogens with one attached hydrogen (secondary N) is 1. The van der Waals surface area contributed by atoms with Gasteiger partial charge in [0, 0.05) is 11.8 Å². The Kier molecular flexibility index (Phi) is 6.20. The van der Waals surface area contributed by atoms with Crippen LogP contribution in [0.1, 0.15) is 15.9 Å². The molecule has 1 amide bonds. The van der Waals surface area contributed by atoms with Crippen LogP contribution in [0.3, 0.4) is 0 Å². The van der Waals surface area contributed by atoms with Gasteiger partial charge in [0.25, 0.3) is 11.5 Å². The standard InChI is InChI=1S/C21H19F3N4O5S/c22-21(23,24)13-5-3-12(4-6-13)16-8-15(19(30)26-17-10-34(32,33)11-18(17)29)20(31)28(27-16)14-2-1-7-25-9-14/h1-9,17-18,29,32-33H,10-11H2,(H,26,30). The topological polar surface area (TPSA) is 138 Å². The van der Waals surface area contributed by atoms with Gasteiger partial charge in [0.1, 0.15) is 5.56 Å². The molecule has 3 aromatic rings. The van der Waals surface area contributed by atoms with Crippen LogP contribution in [-0.4, -0.2) is 58.5 Å². The van der Waals surface area contributed by atoms with Crippen LogP contribution < -0.4 is 10.9 Å². The van der Waals surface area contributed by atoms with Crippen LogP contribution in [0, 0.1) is 0 Å². The molecule has 1 fully saturated rings. The Morgan fingerprint density at radius 3 is 2.41 bits per heavy atom. The molecule has 1 aliphatic rings. The molecule has 4 rings (SSSR count). The molecule has 1 aliphatic heterocycles. The van der Waals surface area contributed by atoms with Crippen LogP contribution in [0.5, 0.6) is 0 Å².